The highest BCUT2D eigenvalue weighted by molar-refractivity contribution is 9.10. The summed E-state index contributed by atoms with van der Waals surface area (Å²) < 4.78 is 6.27. The maximum absolute atomic E-state index is 10.4. The number of hydrogen-bond acceptors (Lipinski definition) is 2. The summed E-state index contributed by atoms with van der Waals surface area (Å²) in [6.45, 7) is 8.77. The van der Waals surface area contributed by atoms with E-state index < -0.39 is 6.10 Å². The van der Waals surface area contributed by atoms with Gasteiger partial charge in [0.05, 0.1) is 13.2 Å². The van der Waals surface area contributed by atoms with Crippen molar-refractivity contribution in [1.29, 1.82) is 0 Å². The first-order chi connectivity index (χ1) is 8.25. The highest BCUT2D eigenvalue weighted by Gasteiger charge is 2.24. The van der Waals surface area contributed by atoms with Crippen LogP contribution in [0.2, 0.25) is 0 Å². The van der Waals surface area contributed by atoms with Gasteiger partial charge in [-0.25, -0.2) is 0 Å². The van der Waals surface area contributed by atoms with Crippen LogP contribution in [0.5, 0.6) is 5.75 Å². The summed E-state index contributed by atoms with van der Waals surface area (Å²) in [4.78, 5) is 0. The smallest absolute Gasteiger partial charge is 0.124 e. The van der Waals surface area contributed by atoms with Gasteiger partial charge in [0.15, 0.2) is 0 Å². The van der Waals surface area contributed by atoms with Crippen molar-refractivity contribution in [1.82, 2.24) is 0 Å². The lowest BCUT2D eigenvalue weighted by Crippen LogP contribution is -2.20. The van der Waals surface area contributed by atoms with E-state index in [4.69, 9.17) is 4.74 Å². The first-order valence-corrected chi connectivity index (χ1v) is 7.06. The largest absolute Gasteiger partial charge is 0.496 e. The highest BCUT2D eigenvalue weighted by Crippen LogP contribution is 2.36. The molecule has 0 aromatic heterocycles. The predicted octanol–water partition coefficient (Wildman–Crippen LogP) is 4.56. The van der Waals surface area contributed by atoms with Gasteiger partial charge in [0.1, 0.15) is 5.75 Å². The Hall–Kier alpha value is -0.540. The summed E-state index contributed by atoms with van der Waals surface area (Å²) in [5.74, 6) is 1.17. The number of aliphatic hydroxyl groups is 1. The lowest BCUT2D eigenvalue weighted by Gasteiger charge is -2.29. The minimum atomic E-state index is -0.494. The van der Waals surface area contributed by atoms with E-state index in [0.717, 1.165) is 22.2 Å². The van der Waals surface area contributed by atoms with E-state index in [2.05, 4.69) is 43.6 Å². The number of aliphatic hydroxyl groups excluding tert-OH is 1. The number of rotatable bonds is 4. The second-order valence-electron chi connectivity index (χ2n) is 5.90. The lowest BCUT2D eigenvalue weighted by atomic mass is 9.78. The molecule has 0 radical (unpaired) electrons. The third kappa shape index (κ3) is 3.99. The second-order valence-corrected chi connectivity index (χ2v) is 6.82. The molecule has 2 atom stereocenters. The van der Waals surface area contributed by atoms with E-state index >= 15 is 0 Å². The molecule has 1 aromatic carbocycles. The fourth-order valence-corrected chi connectivity index (χ4v) is 2.16. The summed E-state index contributed by atoms with van der Waals surface area (Å²) in [7, 11) is 1.63. The summed E-state index contributed by atoms with van der Waals surface area (Å²) in [5.41, 5.74) is 1.04. The van der Waals surface area contributed by atoms with Crippen LogP contribution in [0.1, 0.15) is 45.8 Å². The van der Waals surface area contributed by atoms with E-state index in [0.29, 0.717) is 5.92 Å². The predicted molar refractivity (Wildman–Crippen MR) is 78.9 cm³/mol. The maximum Gasteiger partial charge on any atom is 0.124 e. The molecule has 2 nitrogen and oxygen atoms in total. The Balaban J connectivity index is 2.90. The van der Waals surface area contributed by atoms with Crippen molar-refractivity contribution in [2.45, 2.75) is 40.2 Å². The van der Waals surface area contributed by atoms with Gasteiger partial charge in [-0.05, 0) is 36.0 Å². The average Bonchev–Trinajstić information content (AvgIpc) is 2.27. The van der Waals surface area contributed by atoms with Crippen molar-refractivity contribution in [3.8, 4) is 5.75 Å². The van der Waals surface area contributed by atoms with Crippen molar-refractivity contribution < 1.29 is 9.84 Å². The molecule has 0 amide bonds. The van der Waals surface area contributed by atoms with Gasteiger partial charge in [-0.15, -0.1) is 0 Å². The van der Waals surface area contributed by atoms with Gasteiger partial charge in [-0.2, -0.15) is 0 Å². The Kier molecular flexibility index (Phi) is 5.23. The first kappa shape index (κ1) is 15.5. The third-order valence-corrected chi connectivity index (χ3v) is 4.10. The van der Waals surface area contributed by atoms with Crippen LogP contribution in [-0.4, -0.2) is 12.2 Å². The van der Waals surface area contributed by atoms with Crippen molar-refractivity contribution in [3.05, 3.63) is 28.2 Å². The van der Waals surface area contributed by atoms with E-state index in [1.165, 1.54) is 0 Å². The molecule has 0 heterocycles. The molecular formula is C15H23BrO2. The molecule has 1 aromatic rings. The Morgan fingerprint density at radius 1 is 1.33 bits per heavy atom. The Morgan fingerprint density at radius 2 is 1.94 bits per heavy atom. The molecule has 0 aliphatic heterocycles. The molecule has 0 saturated heterocycles. The van der Waals surface area contributed by atoms with Gasteiger partial charge < -0.3 is 9.84 Å². The maximum atomic E-state index is 10.4. The molecule has 0 aliphatic rings. The van der Waals surface area contributed by atoms with Crippen LogP contribution in [0.25, 0.3) is 0 Å². The van der Waals surface area contributed by atoms with E-state index in [-0.39, 0.29) is 5.41 Å². The molecule has 3 heteroatoms. The quantitative estimate of drug-likeness (QED) is 0.882. The van der Waals surface area contributed by atoms with Crippen LogP contribution in [0.4, 0.5) is 0 Å². The van der Waals surface area contributed by atoms with Gasteiger partial charge in [0.25, 0.3) is 0 Å². The summed E-state index contributed by atoms with van der Waals surface area (Å²) >= 11 is 3.43. The molecule has 102 valence electrons. The number of ether oxygens (including phenoxy) is 1. The van der Waals surface area contributed by atoms with Crippen LogP contribution in [0, 0.1) is 11.3 Å². The standard InChI is InChI=1S/C15H23BrO2/c1-10(15(2,3)4)8-13(17)12-9-11(16)6-7-14(12)18-5/h6-7,9-10,13,17H,8H2,1-5H3. The topological polar surface area (TPSA) is 29.5 Å². The van der Waals surface area contributed by atoms with Crippen LogP contribution < -0.4 is 4.74 Å². The van der Waals surface area contributed by atoms with Gasteiger partial charge in [-0.3, -0.25) is 0 Å². The monoisotopic (exact) mass is 314 g/mol. The van der Waals surface area contributed by atoms with Crippen molar-refractivity contribution in [2.75, 3.05) is 7.11 Å². The summed E-state index contributed by atoms with van der Waals surface area (Å²) in [6, 6.07) is 5.73. The van der Waals surface area contributed by atoms with E-state index in [9.17, 15) is 5.11 Å². The second kappa shape index (κ2) is 6.07. The van der Waals surface area contributed by atoms with Crippen molar-refractivity contribution in [2.24, 2.45) is 11.3 Å². The van der Waals surface area contributed by atoms with Crippen LogP contribution in [-0.2, 0) is 0 Å². The first-order valence-electron chi connectivity index (χ1n) is 6.27. The zero-order chi connectivity index (χ0) is 13.9. The summed E-state index contributed by atoms with van der Waals surface area (Å²) in [5, 5.41) is 10.4. The number of hydrogen-bond donors (Lipinski definition) is 1. The lowest BCUT2D eigenvalue weighted by molar-refractivity contribution is 0.108. The van der Waals surface area contributed by atoms with E-state index in [1.54, 1.807) is 7.11 Å². The van der Waals surface area contributed by atoms with Crippen molar-refractivity contribution in [3.63, 3.8) is 0 Å². The number of halogens is 1. The third-order valence-electron chi connectivity index (χ3n) is 3.61. The van der Waals surface area contributed by atoms with Crippen LogP contribution >= 0.6 is 15.9 Å². The molecule has 2 unspecified atom stereocenters. The van der Waals surface area contributed by atoms with Gasteiger partial charge in [-0.1, -0.05) is 43.6 Å². The average molecular weight is 315 g/mol. The molecule has 0 saturated carbocycles. The van der Waals surface area contributed by atoms with E-state index in [1.807, 2.05) is 18.2 Å². The molecule has 0 spiro atoms. The van der Waals surface area contributed by atoms with Gasteiger partial charge in [0.2, 0.25) is 0 Å². The molecule has 0 bridgehead atoms. The van der Waals surface area contributed by atoms with Crippen molar-refractivity contribution >= 4 is 15.9 Å². The highest BCUT2D eigenvalue weighted by atomic mass is 79.9. The van der Waals surface area contributed by atoms with Crippen LogP contribution in [0.3, 0.4) is 0 Å². The fraction of sp³-hybridized carbons (Fsp3) is 0.600. The van der Waals surface area contributed by atoms with Gasteiger partial charge >= 0.3 is 0 Å². The molecule has 0 fully saturated rings. The molecule has 1 N–H and O–H groups in total. The van der Waals surface area contributed by atoms with Crippen LogP contribution in [0.15, 0.2) is 22.7 Å². The Labute approximate surface area is 118 Å². The minimum absolute atomic E-state index is 0.195. The Bertz CT molecular complexity index is 396. The SMILES string of the molecule is COc1ccc(Br)cc1C(O)CC(C)C(C)(C)C. The summed E-state index contributed by atoms with van der Waals surface area (Å²) in [6.07, 6.45) is 0.239. The zero-order valence-electron chi connectivity index (χ0n) is 11.8. The minimum Gasteiger partial charge on any atom is -0.496 e. The zero-order valence-corrected chi connectivity index (χ0v) is 13.4. The molecule has 1 rings (SSSR count). The molecule has 0 aliphatic carbocycles. The molecular weight excluding hydrogens is 292 g/mol. The number of methoxy groups -OCH3 is 1. The van der Waals surface area contributed by atoms with Gasteiger partial charge in [0, 0.05) is 10.0 Å². The fourth-order valence-electron chi connectivity index (χ4n) is 1.78. The molecule has 18 heavy (non-hydrogen) atoms. The normalized spacial score (nSPS) is 15.3. The number of benzene rings is 1. The Morgan fingerprint density at radius 3 is 2.44 bits per heavy atom.